The quantitative estimate of drug-likeness (QED) is 0.538. The lowest BCUT2D eigenvalue weighted by Crippen LogP contribution is -2.27. The number of para-hydroxylation sites is 1. The molecule has 2 heterocycles. The number of carbonyl (C=O) groups excluding carboxylic acids is 2. The molecule has 8 heteroatoms. The number of benzene rings is 2. The van der Waals surface area contributed by atoms with Gasteiger partial charge < -0.3 is 20.6 Å². The summed E-state index contributed by atoms with van der Waals surface area (Å²) in [5.74, 6) is -0.823. The molecule has 3 N–H and O–H groups in total. The van der Waals surface area contributed by atoms with Gasteiger partial charge in [-0.1, -0.05) is 23.7 Å². The topological polar surface area (TPSA) is 94.6 Å². The Morgan fingerprint density at radius 3 is 2.68 bits per heavy atom. The molecule has 0 atom stereocenters. The summed E-state index contributed by atoms with van der Waals surface area (Å²) < 4.78 is 0. The first kappa shape index (κ1) is 20.8. The molecule has 0 bridgehead atoms. The zero-order chi connectivity index (χ0) is 22.0. The third-order valence-corrected chi connectivity index (χ3v) is 5.39. The van der Waals surface area contributed by atoms with E-state index in [9.17, 15) is 14.7 Å². The van der Waals surface area contributed by atoms with Crippen molar-refractivity contribution < 1.29 is 14.7 Å². The van der Waals surface area contributed by atoms with E-state index in [1.165, 1.54) is 30.0 Å². The number of carbonyl (C=O) groups is 2. The van der Waals surface area contributed by atoms with Crippen LogP contribution in [0.3, 0.4) is 0 Å². The average Bonchev–Trinajstić information content (AvgIpc) is 2.76. The van der Waals surface area contributed by atoms with Gasteiger partial charge in [-0.3, -0.25) is 9.59 Å². The smallest absolute Gasteiger partial charge is 0.259 e. The van der Waals surface area contributed by atoms with Crippen LogP contribution >= 0.6 is 11.6 Å². The highest BCUT2D eigenvalue weighted by atomic mass is 35.5. The number of halogens is 1. The molecule has 7 nitrogen and oxygen atoms in total. The minimum atomic E-state index is -0.519. The largest absolute Gasteiger partial charge is 0.506 e. The van der Waals surface area contributed by atoms with Gasteiger partial charge in [0.25, 0.3) is 11.8 Å². The Labute approximate surface area is 184 Å². The first-order valence-corrected chi connectivity index (χ1v) is 10.1. The fraction of sp³-hybridized carbons (Fsp3) is 0.174. The lowest BCUT2D eigenvalue weighted by atomic mass is 9.97. The van der Waals surface area contributed by atoms with Crippen LogP contribution in [0.1, 0.15) is 31.8 Å². The Kier molecular flexibility index (Phi) is 5.88. The lowest BCUT2D eigenvalue weighted by molar-refractivity contribution is 0.102. The van der Waals surface area contributed by atoms with E-state index in [1.807, 2.05) is 12.1 Å². The van der Waals surface area contributed by atoms with E-state index in [0.717, 1.165) is 25.1 Å². The van der Waals surface area contributed by atoms with E-state index in [0.29, 0.717) is 16.4 Å². The highest BCUT2D eigenvalue weighted by Gasteiger charge is 2.20. The summed E-state index contributed by atoms with van der Waals surface area (Å²) in [6.07, 6.45) is 2.28. The van der Waals surface area contributed by atoms with Crippen molar-refractivity contribution in [3.63, 3.8) is 0 Å². The summed E-state index contributed by atoms with van der Waals surface area (Å²) in [6, 6.07) is 13.2. The Bertz CT molecular complexity index is 1150. The molecule has 0 saturated heterocycles. The molecule has 0 saturated carbocycles. The maximum Gasteiger partial charge on any atom is 0.259 e. The van der Waals surface area contributed by atoms with Crippen LogP contribution in [0, 0.1) is 0 Å². The summed E-state index contributed by atoms with van der Waals surface area (Å²) in [5.41, 5.74) is 2.96. The fourth-order valence-electron chi connectivity index (χ4n) is 3.52. The molecule has 3 aromatic rings. The SMILES string of the molecule is CN1CCc2cc(C(=O)Nc3c(O)cccc3C(=O)Nc3ccc(Cl)cn3)ccc2C1. The van der Waals surface area contributed by atoms with E-state index in [4.69, 9.17) is 11.6 Å². The maximum absolute atomic E-state index is 12.9. The standard InChI is InChI=1S/C23H21ClN4O3/c1-28-10-9-14-11-15(5-6-16(14)13-28)22(30)27-21-18(3-2-4-19(21)29)23(31)26-20-8-7-17(24)12-25-20/h2-8,11-12,29H,9-10,13H2,1H3,(H,27,30)(H,25,26,31). The molecule has 1 aliphatic heterocycles. The Morgan fingerprint density at radius 2 is 1.90 bits per heavy atom. The van der Waals surface area contributed by atoms with Crippen LogP contribution in [0.25, 0.3) is 0 Å². The van der Waals surface area contributed by atoms with Crippen LogP contribution in [0.4, 0.5) is 11.5 Å². The normalized spacial score (nSPS) is 13.4. The van der Waals surface area contributed by atoms with E-state index in [-0.39, 0.29) is 17.0 Å². The van der Waals surface area contributed by atoms with Crippen LogP contribution in [0.2, 0.25) is 5.02 Å². The van der Waals surface area contributed by atoms with Gasteiger partial charge in [0.05, 0.1) is 16.3 Å². The highest BCUT2D eigenvalue weighted by molar-refractivity contribution is 6.30. The zero-order valence-electron chi connectivity index (χ0n) is 16.9. The molecule has 0 aliphatic carbocycles. The second kappa shape index (κ2) is 8.75. The third-order valence-electron chi connectivity index (χ3n) is 5.17. The average molecular weight is 437 g/mol. The number of aromatic nitrogens is 1. The number of phenols is 1. The Hall–Kier alpha value is -3.42. The van der Waals surface area contributed by atoms with E-state index >= 15 is 0 Å². The summed E-state index contributed by atoms with van der Waals surface area (Å²) >= 11 is 5.82. The molecule has 2 amide bonds. The number of hydrogen-bond acceptors (Lipinski definition) is 5. The number of nitrogens with zero attached hydrogens (tertiary/aromatic N) is 2. The van der Waals surface area contributed by atoms with Gasteiger partial charge in [0.2, 0.25) is 0 Å². The number of fused-ring (bicyclic) bond motifs is 1. The highest BCUT2D eigenvalue weighted by Crippen LogP contribution is 2.29. The van der Waals surface area contributed by atoms with Crippen LogP contribution in [0.5, 0.6) is 5.75 Å². The van der Waals surface area contributed by atoms with Gasteiger partial charge in [0.1, 0.15) is 11.6 Å². The van der Waals surface area contributed by atoms with E-state index < -0.39 is 11.8 Å². The molecule has 4 rings (SSSR count). The number of amides is 2. The summed E-state index contributed by atoms with van der Waals surface area (Å²) in [4.78, 5) is 31.9. The predicted molar refractivity (Wildman–Crippen MR) is 120 cm³/mol. The second-order valence-electron chi connectivity index (χ2n) is 7.44. The van der Waals surface area contributed by atoms with E-state index in [1.54, 1.807) is 18.2 Å². The summed E-state index contributed by atoms with van der Waals surface area (Å²) in [7, 11) is 2.06. The molecule has 0 spiro atoms. The van der Waals surface area contributed by atoms with Crippen molar-refractivity contribution in [2.75, 3.05) is 24.2 Å². The number of phenolic OH excluding ortho intramolecular Hbond substituents is 1. The fourth-order valence-corrected chi connectivity index (χ4v) is 3.63. The Balaban J connectivity index is 1.56. The second-order valence-corrected chi connectivity index (χ2v) is 7.88. The van der Waals surface area contributed by atoms with Crippen molar-refractivity contribution in [2.24, 2.45) is 0 Å². The van der Waals surface area contributed by atoms with Gasteiger partial charge in [-0.2, -0.15) is 0 Å². The summed E-state index contributed by atoms with van der Waals surface area (Å²) in [5, 5.41) is 16.1. The number of anilines is 2. The van der Waals surface area contributed by atoms with Crippen molar-refractivity contribution >= 4 is 34.9 Å². The van der Waals surface area contributed by atoms with E-state index in [2.05, 4.69) is 27.6 Å². The molecule has 2 aromatic carbocycles. The number of rotatable bonds is 4. The molecule has 158 valence electrons. The van der Waals surface area contributed by atoms with Gasteiger partial charge in [-0.25, -0.2) is 4.98 Å². The van der Waals surface area contributed by atoms with Crippen molar-refractivity contribution in [3.05, 3.63) is 82.0 Å². The number of nitrogens with one attached hydrogen (secondary N) is 2. The van der Waals surface area contributed by atoms with Crippen LogP contribution in [-0.2, 0) is 13.0 Å². The Morgan fingerprint density at radius 1 is 1.06 bits per heavy atom. The van der Waals surface area contributed by atoms with Gasteiger partial charge in [-0.05, 0) is 61.0 Å². The van der Waals surface area contributed by atoms with Crippen LogP contribution < -0.4 is 10.6 Å². The molecular formula is C23H21ClN4O3. The predicted octanol–water partition coefficient (Wildman–Crippen LogP) is 3.93. The third kappa shape index (κ3) is 4.68. The summed E-state index contributed by atoms with van der Waals surface area (Å²) in [6.45, 7) is 1.78. The monoisotopic (exact) mass is 436 g/mol. The number of aromatic hydroxyl groups is 1. The van der Waals surface area contributed by atoms with Gasteiger partial charge in [-0.15, -0.1) is 0 Å². The first-order valence-electron chi connectivity index (χ1n) is 9.77. The molecule has 0 fully saturated rings. The van der Waals surface area contributed by atoms with Crippen molar-refractivity contribution in [3.8, 4) is 5.75 Å². The molecule has 31 heavy (non-hydrogen) atoms. The van der Waals surface area contributed by atoms with Gasteiger partial charge in [0.15, 0.2) is 0 Å². The molecule has 0 unspecified atom stereocenters. The van der Waals surface area contributed by atoms with Crippen molar-refractivity contribution in [1.82, 2.24) is 9.88 Å². The first-order chi connectivity index (χ1) is 14.9. The van der Waals surface area contributed by atoms with Crippen LogP contribution in [-0.4, -0.2) is 40.4 Å². The van der Waals surface area contributed by atoms with Gasteiger partial charge >= 0.3 is 0 Å². The number of likely N-dealkylation sites (N-methyl/N-ethyl adjacent to an activating group) is 1. The maximum atomic E-state index is 12.9. The molecule has 0 radical (unpaired) electrons. The molecule has 1 aliphatic rings. The van der Waals surface area contributed by atoms with Crippen molar-refractivity contribution in [1.29, 1.82) is 0 Å². The number of hydrogen-bond donors (Lipinski definition) is 3. The van der Waals surface area contributed by atoms with Crippen molar-refractivity contribution in [2.45, 2.75) is 13.0 Å². The minimum Gasteiger partial charge on any atom is -0.506 e. The number of pyridine rings is 1. The molecule has 1 aromatic heterocycles. The lowest BCUT2D eigenvalue weighted by Gasteiger charge is -2.25. The zero-order valence-corrected chi connectivity index (χ0v) is 17.6. The van der Waals surface area contributed by atoms with Gasteiger partial charge in [0, 0.05) is 24.8 Å². The minimum absolute atomic E-state index is 0.0383. The van der Waals surface area contributed by atoms with Crippen LogP contribution in [0.15, 0.2) is 54.7 Å². The molecular weight excluding hydrogens is 416 g/mol.